The Hall–Kier alpha value is -2.70. The van der Waals surface area contributed by atoms with E-state index in [1.54, 1.807) is 6.92 Å². The van der Waals surface area contributed by atoms with Gasteiger partial charge in [-0.05, 0) is 55.8 Å². The maximum Gasteiger partial charge on any atom is 0.223 e. The Morgan fingerprint density at radius 1 is 1.14 bits per heavy atom. The molecule has 2 aliphatic heterocycles. The van der Waals surface area contributed by atoms with Crippen molar-refractivity contribution in [3.05, 3.63) is 53.9 Å². The van der Waals surface area contributed by atoms with Gasteiger partial charge in [0.25, 0.3) is 0 Å². The maximum atomic E-state index is 11.9. The van der Waals surface area contributed by atoms with E-state index >= 15 is 0 Å². The van der Waals surface area contributed by atoms with Gasteiger partial charge in [-0.3, -0.25) is 9.69 Å². The third-order valence-corrected chi connectivity index (χ3v) is 6.06. The minimum Gasteiger partial charge on any atom is -0.315 e. The number of benzene rings is 1. The number of carbonyl (C=O) groups excluding carboxylic acids is 1. The van der Waals surface area contributed by atoms with Gasteiger partial charge in [0.2, 0.25) is 5.91 Å². The molecular weight excluding hydrogens is 362 g/mol. The van der Waals surface area contributed by atoms with E-state index in [1.807, 2.05) is 11.0 Å². The number of fused-ring (bicyclic) bond motifs is 2. The van der Waals surface area contributed by atoms with E-state index in [-0.39, 0.29) is 5.91 Å². The molecule has 1 amide bonds. The molecule has 2 aromatic heterocycles. The molecule has 0 spiro atoms. The summed E-state index contributed by atoms with van der Waals surface area (Å²) in [6, 6.07) is 12.6. The predicted octanol–water partition coefficient (Wildman–Crippen LogP) is 2.71. The number of aromatic nitrogens is 2. The summed E-state index contributed by atoms with van der Waals surface area (Å²) in [4.78, 5) is 21.3. The molecule has 6 nitrogen and oxygen atoms in total. The molecule has 2 aliphatic rings. The van der Waals surface area contributed by atoms with Crippen LogP contribution in [0.15, 0.2) is 42.6 Å². The van der Waals surface area contributed by atoms with Crippen LogP contribution in [0.4, 0.5) is 5.69 Å². The van der Waals surface area contributed by atoms with Gasteiger partial charge >= 0.3 is 0 Å². The van der Waals surface area contributed by atoms with E-state index in [9.17, 15) is 4.79 Å². The first-order chi connectivity index (χ1) is 14.2. The number of pyridine rings is 1. The molecule has 3 aromatic rings. The summed E-state index contributed by atoms with van der Waals surface area (Å²) in [7, 11) is 0. The number of hydrogen-bond acceptors (Lipinski definition) is 4. The normalized spacial score (nSPS) is 17.5. The van der Waals surface area contributed by atoms with Gasteiger partial charge < -0.3 is 14.6 Å². The average Bonchev–Trinajstić information content (AvgIpc) is 3.21. The second-order valence-electron chi connectivity index (χ2n) is 7.98. The molecule has 5 rings (SSSR count). The SMILES string of the molecule is CC(=O)N1CCc2cc(-c3nc4ccccn4c3CN3CCCNCC3)ccc21. The molecule has 6 heteroatoms. The highest BCUT2D eigenvalue weighted by molar-refractivity contribution is 5.94. The number of anilines is 1. The third kappa shape index (κ3) is 3.43. The summed E-state index contributed by atoms with van der Waals surface area (Å²) in [6.45, 7) is 7.58. The number of carbonyl (C=O) groups is 1. The zero-order chi connectivity index (χ0) is 19.8. The van der Waals surface area contributed by atoms with Crippen molar-refractivity contribution in [2.24, 2.45) is 0 Å². The highest BCUT2D eigenvalue weighted by Crippen LogP contribution is 2.34. The lowest BCUT2D eigenvalue weighted by atomic mass is 10.0. The molecule has 0 saturated carbocycles. The van der Waals surface area contributed by atoms with Crippen LogP contribution in [-0.4, -0.2) is 52.9 Å². The molecule has 1 N–H and O–H groups in total. The summed E-state index contributed by atoms with van der Waals surface area (Å²) < 4.78 is 2.22. The molecule has 1 fully saturated rings. The number of nitrogens with one attached hydrogen (secondary N) is 1. The van der Waals surface area contributed by atoms with Crippen LogP contribution >= 0.6 is 0 Å². The van der Waals surface area contributed by atoms with Gasteiger partial charge in [-0.25, -0.2) is 4.98 Å². The van der Waals surface area contributed by atoms with Crippen molar-refractivity contribution in [1.29, 1.82) is 0 Å². The van der Waals surface area contributed by atoms with Crippen LogP contribution in [0.3, 0.4) is 0 Å². The van der Waals surface area contributed by atoms with Gasteiger partial charge in [0, 0.05) is 50.6 Å². The van der Waals surface area contributed by atoms with E-state index in [1.165, 1.54) is 17.7 Å². The Balaban J connectivity index is 1.55. The highest BCUT2D eigenvalue weighted by Gasteiger charge is 2.24. The topological polar surface area (TPSA) is 52.9 Å². The van der Waals surface area contributed by atoms with Gasteiger partial charge in [0.05, 0.1) is 11.4 Å². The van der Waals surface area contributed by atoms with E-state index in [2.05, 4.69) is 51.1 Å². The Morgan fingerprint density at radius 3 is 2.97 bits per heavy atom. The zero-order valence-corrected chi connectivity index (χ0v) is 16.9. The number of amides is 1. The van der Waals surface area contributed by atoms with Crippen LogP contribution in [0, 0.1) is 0 Å². The van der Waals surface area contributed by atoms with Crippen LogP contribution in [0.25, 0.3) is 16.9 Å². The van der Waals surface area contributed by atoms with Crippen molar-refractivity contribution in [3.63, 3.8) is 0 Å². The maximum absolute atomic E-state index is 11.9. The van der Waals surface area contributed by atoms with Crippen LogP contribution in [0.2, 0.25) is 0 Å². The van der Waals surface area contributed by atoms with E-state index < -0.39 is 0 Å². The summed E-state index contributed by atoms with van der Waals surface area (Å²) in [5.41, 5.74) is 6.70. The van der Waals surface area contributed by atoms with Gasteiger partial charge in [-0.1, -0.05) is 12.1 Å². The fourth-order valence-electron chi connectivity index (χ4n) is 4.58. The Kier molecular flexibility index (Phi) is 4.81. The predicted molar refractivity (Wildman–Crippen MR) is 115 cm³/mol. The molecule has 0 unspecified atom stereocenters. The molecule has 0 atom stereocenters. The third-order valence-electron chi connectivity index (χ3n) is 6.06. The molecular formula is C23H27N5O. The molecule has 0 bridgehead atoms. The summed E-state index contributed by atoms with van der Waals surface area (Å²) in [5.74, 6) is 0.111. The first-order valence-corrected chi connectivity index (χ1v) is 10.5. The average molecular weight is 390 g/mol. The van der Waals surface area contributed by atoms with E-state index in [0.29, 0.717) is 0 Å². The standard InChI is InChI=1S/C23H27N5O/c1-17(29)27-13-8-18-15-19(6-7-20(18)27)23-21(16-26-11-4-9-24-10-14-26)28-12-3-2-5-22(28)25-23/h2-3,5-7,12,15,24H,4,8-11,13-14,16H2,1H3. The lowest BCUT2D eigenvalue weighted by Crippen LogP contribution is -2.28. The summed E-state index contributed by atoms with van der Waals surface area (Å²) in [5, 5.41) is 3.49. The molecule has 1 aromatic carbocycles. The van der Waals surface area contributed by atoms with Crippen LogP contribution in [0.5, 0.6) is 0 Å². The van der Waals surface area contributed by atoms with E-state index in [0.717, 1.165) is 68.3 Å². The first-order valence-electron chi connectivity index (χ1n) is 10.5. The van der Waals surface area contributed by atoms with Crippen LogP contribution < -0.4 is 10.2 Å². The molecule has 4 heterocycles. The summed E-state index contributed by atoms with van der Waals surface area (Å²) in [6.07, 6.45) is 4.19. The fourth-order valence-corrected chi connectivity index (χ4v) is 4.58. The minimum atomic E-state index is 0.111. The van der Waals surface area contributed by atoms with Gasteiger partial charge in [0.1, 0.15) is 5.65 Å². The van der Waals surface area contributed by atoms with Crippen molar-refractivity contribution in [1.82, 2.24) is 19.6 Å². The molecule has 0 aliphatic carbocycles. The lowest BCUT2D eigenvalue weighted by molar-refractivity contribution is -0.116. The highest BCUT2D eigenvalue weighted by atomic mass is 16.2. The van der Waals surface area contributed by atoms with Crippen molar-refractivity contribution in [2.75, 3.05) is 37.6 Å². The number of rotatable bonds is 3. The summed E-state index contributed by atoms with van der Waals surface area (Å²) >= 11 is 0. The molecule has 29 heavy (non-hydrogen) atoms. The quantitative estimate of drug-likeness (QED) is 0.748. The van der Waals surface area contributed by atoms with Crippen molar-refractivity contribution < 1.29 is 4.79 Å². The monoisotopic (exact) mass is 389 g/mol. The van der Waals surface area contributed by atoms with Crippen LogP contribution in [0.1, 0.15) is 24.6 Å². The fraction of sp³-hybridized carbons (Fsp3) is 0.391. The van der Waals surface area contributed by atoms with Gasteiger partial charge in [-0.15, -0.1) is 0 Å². The smallest absolute Gasteiger partial charge is 0.223 e. The first kappa shape index (κ1) is 18.3. The Labute approximate surface area is 171 Å². The zero-order valence-electron chi connectivity index (χ0n) is 16.9. The second kappa shape index (κ2) is 7.61. The molecule has 1 saturated heterocycles. The second-order valence-corrected chi connectivity index (χ2v) is 7.98. The Bertz CT molecular complexity index is 1050. The largest absolute Gasteiger partial charge is 0.315 e. The van der Waals surface area contributed by atoms with Crippen molar-refractivity contribution in [2.45, 2.75) is 26.3 Å². The minimum absolute atomic E-state index is 0.111. The molecule has 0 radical (unpaired) electrons. The Morgan fingerprint density at radius 2 is 2.07 bits per heavy atom. The van der Waals surface area contributed by atoms with E-state index in [4.69, 9.17) is 4.98 Å². The number of imidazole rings is 1. The van der Waals surface area contributed by atoms with Crippen molar-refractivity contribution >= 4 is 17.2 Å². The molecule has 150 valence electrons. The van der Waals surface area contributed by atoms with Crippen molar-refractivity contribution in [3.8, 4) is 11.3 Å². The number of hydrogen-bond donors (Lipinski definition) is 1. The van der Waals surface area contributed by atoms with Gasteiger partial charge in [-0.2, -0.15) is 0 Å². The van der Waals surface area contributed by atoms with Crippen LogP contribution in [-0.2, 0) is 17.8 Å². The van der Waals surface area contributed by atoms with Gasteiger partial charge in [0.15, 0.2) is 0 Å². The number of nitrogens with zero attached hydrogens (tertiary/aromatic N) is 4. The lowest BCUT2D eigenvalue weighted by Gasteiger charge is -2.20.